The normalized spacial score (nSPS) is 19.3. The van der Waals surface area contributed by atoms with E-state index in [-0.39, 0.29) is 34.8 Å². The Kier molecular flexibility index (Phi) is 6.12. The lowest BCUT2D eigenvalue weighted by atomic mass is 10.3. The van der Waals surface area contributed by atoms with Crippen molar-refractivity contribution in [1.29, 1.82) is 0 Å². The van der Waals surface area contributed by atoms with Gasteiger partial charge in [-0.05, 0) is 19.1 Å². The van der Waals surface area contributed by atoms with Crippen LogP contribution in [0.2, 0.25) is 0 Å². The molecule has 0 aliphatic carbocycles. The molecule has 1 atom stereocenters. The van der Waals surface area contributed by atoms with Crippen LogP contribution in [0, 0.1) is 10.1 Å². The molecule has 10 heteroatoms. The highest BCUT2D eigenvalue weighted by Crippen LogP contribution is 2.31. The summed E-state index contributed by atoms with van der Waals surface area (Å²) in [5, 5.41) is 14.1. The lowest BCUT2D eigenvalue weighted by Gasteiger charge is -2.32. The van der Waals surface area contributed by atoms with Crippen LogP contribution in [0.5, 0.6) is 5.75 Å². The Morgan fingerprint density at radius 1 is 1.45 bits per heavy atom. The third-order valence-corrected chi connectivity index (χ3v) is 5.40. The topological polar surface area (TPSA) is 102 Å². The fourth-order valence-corrected chi connectivity index (χ4v) is 3.94. The highest BCUT2D eigenvalue weighted by molar-refractivity contribution is 7.89. The van der Waals surface area contributed by atoms with Crippen LogP contribution in [0.15, 0.2) is 23.1 Å². The molecule has 1 aromatic carbocycles. The zero-order valence-corrected chi connectivity index (χ0v) is 13.8. The summed E-state index contributed by atoms with van der Waals surface area (Å²) in [6, 6.07) is 3.47. The van der Waals surface area contributed by atoms with E-state index in [1.807, 2.05) is 0 Å². The Bertz CT molecular complexity index is 652. The lowest BCUT2D eigenvalue weighted by molar-refractivity contribution is -0.386. The number of piperazine rings is 1. The van der Waals surface area contributed by atoms with Crippen molar-refractivity contribution in [3.63, 3.8) is 0 Å². The molecule has 1 aromatic rings. The van der Waals surface area contributed by atoms with Crippen LogP contribution in [-0.4, -0.2) is 50.4 Å². The van der Waals surface area contributed by atoms with Gasteiger partial charge in [-0.3, -0.25) is 10.1 Å². The summed E-state index contributed by atoms with van der Waals surface area (Å²) in [7, 11) is -2.46. The Labute approximate surface area is 135 Å². The van der Waals surface area contributed by atoms with Gasteiger partial charge in [0.25, 0.3) is 0 Å². The molecule has 1 heterocycles. The van der Waals surface area contributed by atoms with Crippen molar-refractivity contribution in [2.45, 2.75) is 17.9 Å². The maximum atomic E-state index is 12.6. The molecule has 0 bridgehead atoms. The highest BCUT2D eigenvalue weighted by Gasteiger charge is 2.32. The van der Waals surface area contributed by atoms with E-state index in [9.17, 15) is 18.5 Å². The molecule has 1 N–H and O–H groups in total. The zero-order chi connectivity index (χ0) is 15.6. The lowest BCUT2D eigenvalue weighted by Crippen LogP contribution is -2.52. The Morgan fingerprint density at radius 2 is 2.14 bits per heavy atom. The van der Waals surface area contributed by atoms with Crippen LogP contribution >= 0.6 is 12.4 Å². The number of halogens is 1. The van der Waals surface area contributed by atoms with Crippen molar-refractivity contribution in [2.75, 3.05) is 26.7 Å². The van der Waals surface area contributed by atoms with Crippen LogP contribution in [-0.2, 0) is 10.0 Å². The molecule has 2 rings (SSSR count). The molecule has 1 aliphatic rings. The van der Waals surface area contributed by atoms with Gasteiger partial charge in [-0.15, -0.1) is 12.4 Å². The largest absolute Gasteiger partial charge is 0.490 e. The Hall–Kier alpha value is -1.42. The first kappa shape index (κ1) is 18.6. The minimum atomic E-state index is -3.76. The Balaban J connectivity index is 0.00000242. The standard InChI is InChI=1S/C12H17N3O5S.ClH/c1-9-8-13-5-6-14(9)21(18,19)10-3-4-12(20-2)11(7-10)15(16)17;/h3-4,7,9,13H,5-6,8H2,1-2H3;1H. The van der Waals surface area contributed by atoms with Crippen molar-refractivity contribution in [2.24, 2.45) is 0 Å². The first-order valence-corrected chi connectivity index (χ1v) is 7.87. The van der Waals surface area contributed by atoms with E-state index in [1.165, 1.54) is 23.5 Å². The van der Waals surface area contributed by atoms with Gasteiger partial charge in [0.05, 0.1) is 16.9 Å². The van der Waals surface area contributed by atoms with Crippen molar-refractivity contribution >= 4 is 28.1 Å². The minimum Gasteiger partial charge on any atom is -0.490 e. The van der Waals surface area contributed by atoms with E-state index < -0.39 is 14.9 Å². The Morgan fingerprint density at radius 3 is 2.68 bits per heavy atom. The van der Waals surface area contributed by atoms with Gasteiger partial charge in [-0.1, -0.05) is 0 Å². The number of nitrogens with one attached hydrogen (secondary N) is 1. The first-order valence-electron chi connectivity index (χ1n) is 6.43. The average Bonchev–Trinajstić information content (AvgIpc) is 2.46. The van der Waals surface area contributed by atoms with Crippen LogP contribution in [0.25, 0.3) is 0 Å². The summed E-state index contributed by atoms with van der Waals surface area (Å²) in [5.41, 5.74) is -0.360. The summed E-state index contributed by atoms with van der Waals surface area (Å²) in [6.07, 6.45) is 0. The second kappa shape index (κ2) is 7.23. The number of methoxy groups -OCH3 is 1. The molecule has 0 spiro atoms. The summed E-state index contributed by atoms with van der Waals surface area (Å²) in [5.74, 6) is 0.0345. The third-order valence-electron chi connectivity index (χ3n) is 3.39. The van der Waals surface area contributed by atoms with Crippen LogP contribution in [0.1, 0.15) is 6.92 Å². The SMILES string of the molecule is COc1ccc(S(=O)(=O)N2CCNCC2C)cc1[N+](=O)[O-].Cl. The van der Waals surface area contributed by atoms with Gasteiger partial charge in [0.1, 0.15) is 0 Å². The molecule has 0 saturated carbocycles. The second-order valence-electron chi connectivity index (χ2n) is 4.76. The van der Waals surface area contributed by atoms with Crippen molar-refractivity contribution in [3.05, 3.63) is 28.3 Å². The number of nitro benzene ring substituents is 1. The summed E-state index contributed by atoms with van der Waals surface area (Å²) >= 11 is 0. The van der Waals surface area contributed by atoms with Gasteiger partial charge in [0.15, 0.2) is 5.75 Å². The van der Waals surface area contributed by atoms with Crippen molar-refractivity contribution in [3.8, 4) is 5.75 Å². The van der Waals surface area contributed by atoms with Gasteiger partial charge >= 0.3 is 5.69 Å². The molecular formula is C12H18ClN3O5S. The predicted molar refractivity (Wildman–Crippen MR) is 83.1 cm³/mol. The van der Waals surface area contributed by atoms with E-state index >= 15 is 0 Å². The number of nitro groups is 1. The number of ether oxygens (including phenoxy) is 1. The quantitative estimate of drug-likeness (QED) is 0.641. The van der Waals surface area contributed by atoms with Crippen LogP contribution < -0.4 is 10.1 Å². The molecule has 0 amide bonds. The number of benzene rings is 1. The molecule has 1 saturated heterocycles. The van der Waals surface area contributed by atoms with Crippen molar-refractivity contribution in [1.82, 2.24) is 9.62 Å². The van der Waals surface area contributed by atoms with Gasteiger partial charge in [0.2, 0.25) is 10.0 Å². The third kappa shape index (κ3) is 3.49. The van der Waals surface area contributed by atoms with Crippen LogP contribution in [0.3, 0.4) is 0 Å². The van der Waals surface area contributed by atoms with E-state index in [0.29, 0.717) is 19.6 Å². The molecule has 124 valence electrons. The first-order chi connectivity index (χ1) is 9.87. The van der Waals surface area contributed by atoms with Crippen LogP contribution in [0.4, 0.5) is 5.69 Å². The van der Waals surface area contributed by atoms with E-state index in [1.54, 1.807) is 6.92 Å². The predicted octanol–water partition coefficient (Wildman–Crippen LogP) is 1.01. The smallest absolute Gasteiger partial charge is 0.312 e. The number of hydrogen-bond donors (Lipinski definition) is 1. The summed E-state index contributed by atoms with van der Waals surface area (Å²) in [6.45, 7) is 3.24. The maximum Gasteiger partial charge on any atom is 0.312 e. The number of nitrogens with zero attached hydrogens (tertiary/aromatic N) is 2. The van der Waals surface area contributed by atoms with Gasteiger partial charge < -0.3 is 10.1 Å². The molecule has 1 unspecified atom stereocenters. The number of hydrogen-bond acceptors (Lipinski definition) is 6. The summed E-state index contributed by atoms with van der Waals surface area (Å²) < 4.78 is 31.5. The van der Waals surface area contributed by atoms with Gasteiger partial charge in [-0.25, -0.2) is 8.42 Å². The highest BCUT2D eigenvalue weighted by atomic mass is 35.5. The number of sulfonamides is 1. The average molecular weight is 352 g/mol. The molecule has 22 heavy (non-hydrogen) atoms. The number of rotatable bonds is 4. The fourth-order valence-electron chi connectivity index (χ4n) is 2.29. The molecule has 0 radical (unpaired) electrons. The maximum absolute atomic E-state index is 12.6. The van der Waals surface area contributed by atoms with E-state index in [2.05, 4.69) is 5.32 Å². The van der Waals surface area contributed by atoms with Gasteiger partial charge in [-0.2, -0.15) is 4.31 Å². The van der Waals surface area contributed by atoms with Gasteiger partial charge in [0, 0.05) is 31.7 Å². The molecule has 8 nitrogen and oxygen atoms in total. The molecular weight excluding hydrogens is 334 g/mol. The minimum absolute atomic E-state index is 0. The molecule has 1 fully saturated rings. The zero-order valence-electron chi connectivity index (χ0n) is 12.2. The van der Waals surface area contributed by atoms with E-state index in [0.717, 1.165) is 6.07 Å². The molecule has 1 aliphatic heterocycles. The molecule has 0 aromatic heterocycles. The van der Waals surface area contributed by atoms with Crippen molar-refractivity contribution < 1.29 is 18.1 Å². The van der Waals surface area contributed by atoms with E-state index in [4.69, 9.17) is 4.74 Å². The summed E-state index contributed by atoms with van der Waals surface area (Å²) in [4.78, 5) is 10.3. The fraction of sp³-hybridized carbons (Fsp3) is 0.500. The second-order valence-corrected chi connectivity index (χ2v) is 6.65. The monoisotopic (exact) mass is 351 g/mol.